The summed E-state index contributed by atoms with van der Waals surface area (Å²) in [5, 5.41) is 2.85. The van der Waals surface area contributed by atoms with Crippen LogP contribution in [0.3, 0.4) is 0 Å². The second-order valence-electron chi connectivity index (χ2n) is 4.08. The number of hydrogen-bond donors (Lipinski definition) is 1. The molecule has 92 valence electrons. The van der Waals surface area contributed by atoms with E-state index in [9.17, 15) is 4.79 Å². The number of amides is 1. The largest absolute Gasteiger partial charge is 0.321 e. The van der Waals surface area contributed by atoms with Crippen molar-refractivity contribution in [2.45, 2.75) is 13.8 Å². The molecule has 1 aromatic carbocycles. The summed E-state index contributed by atoms with van der Waals surface area (Å²) in [5.74, 6) is -0.103. The highest BCUT2D eigenvalue weighted by Gasteiger charge is 2.11. The molecule has 0 unspecified atom stereocenters. The Bertz CT molecular complexity index is 579. The van der Waals surface area contributed by atoms with Gasteiger partial charge in [-0.3, -0.25) is 9.78 Å². The van der Waals surface area contributed by atoms with Gasteiger partial charge >= 0.3 is 0 Å². The Morgan fingerprint density at radius 1 is 1.22 bits per heavy atom. The predicted molar refractivity (Wildman–Crippen MR) is 80.8 cm³/mol. The van der Waals surface area contributed by atoms with Gasteiger partial charge in [0.2, 0.25) is 0 Å². The number of pyridine rings is 1. The van der Waals surface area contributed by atoms with Crippen LogP contribution in [0.15, 0.2) is 36.5 Å². The Hall–Kier alpha value is -1.43. The van der Waals surface area contributed by atoms with Crippen LogP contribution >= 0.6 is 22.6 Å². The monoisotopic (exact) mass is 352 g/mol. The molecule has 0 aliphatic rings. The molecule has 0 bridgehead atoms. The third-order valence-electron chi connectivity index (χ3n) is 2.61. The van der Waals surface area contributed by atoms with Crippen LogP contribution in [-0.4, -0.2) is 10.9 Å². The average Bonchev–Trinajstić information content (AvgIpc) is 2.35. The third-order valence-corrected chi connectivity index (χ3v) is 4.04. The average molecular weight is 352 g/mol. The predicted octanol–water partition coefficient (Wildman–Crippen LogP) is 3.56. The van der Waals surface area contributed by atoms with Crippen molar-refractivity contribution in [3.05, 3.63) is 56.9 Å². The van der Waals surface area contributed by atoms with Crippen LogP contribution in [0.5, 0.6) is 0 Å². The molecular formula is C14H13IN2O. The molecule has 0 saturated heterocycles. The maximum atomic E-state index is 12.1. The molecule has 0 radical (unpaired) electrons. The zero-order valence-corrected chi connectivity index (χ0v) is 12.4. The lowest BCUT2D eigenvalue weighted by molar-refractivity contribution is 0.102. The molecule has 18 heavy (non-hydrogen) atoms. The summed E-state index contributed by atoms with van der Waals surface area (Å²) in [6, 6.07) is 9.43. The fraction of sp³-hybridized carbons (Fsp3) is 0.143. The van der Waals surface area contributed by atoms with Crippen LogP contribution < -0.4 is 5.32 Å². The quantitative estimate of drug-likeness (QED) is 0.840. The van der Waals surface area contributed by atoms with E-state index in [0.29, 0.717) is 11.3 Å². The number of rotatable bonds is 2. The van der Waals surface area contributed by atoms with Crippen molar-refractivity contribution in [1.82, 2.24) is 4.98 Å². The molecule has 4 heteroatoms. The van der Waals surface area contributed by atoms with Crippen LogP contribution in [0.4, 0.5) is 5.69 Å². The van der Waals surface area contributed by atoms with Crippen molar-refractivity contribution in [3.8, 4) is 0 Å². The van der Waals surface area contributed by atoms with Gasteiger partial charge in [0.25, 0.3) is 5.91 Å². The van der Waals surface area contributed by atoms with Crippen molar-refractivity contribution >= 4 is 34.2 Å². The van der Waals surface area contributed by atoms with Gasteiger partial charge in [0.1, 0.15) is 0 Å². The van der Waals surface area contributed by atoms with Crippen molar-refractivity contribution in [3.63, 3.8) is 0 Å². The molecule has 1 heterocycles. The van der Waals surface area contributed by atoms with E-state index in [0.717, 1.165) is 14.8 Å². The van der Waals surface area contributed by atoms with E-state index < -0.39 is 0 Å². The van der Waals surface area contributed by atoms with Gasteiger partial charge in [-0.25, -0.2) is 0 Å². The number of carbonyl (C=O) groups excluding carboxylic acids is 1. The van der Waals surface area contributed by atoms with E-state index in [-0.39, 0.29) is 5.91 Å². The van der Waals surface area contributed by atoms with Gasteiger partial charge in [-0.15, -0.1) is 0 Å². The topological polar surface area (TPSA) is 42.0 Å². The minimum atomic E-state index is -0.103. The number of nitrogens with one attached hydrogen (secondary N) is 1. The number of halogens is 1. The summed E-state index contributed by atoms with van der Waals surface area (Å²) < 4.78 is 0.979. The molecule has 1 N–H and O–H groups in total. The van der Waals surface area contributed by atoms with E-state index in [1.165, 1.54) is 0 Å². The van der Waals surface area contributed by atoms with Gasteiger partial charge in [-0.2, -0.15) is 0 Å². The summed E-state index contributed by atoms with van der Waals surface area (Å²) in [6.07, 6.45) is 1.66. The van der Waals surface area contributed by atoms with Crippen LogP contribution in [0.25, 0.3) is 0 Å². The fourth-order valence-electron chi connectivity index (χ4n) is 1.56. The maximum absolute atomic E-state index is 12.1. The van der Waals surface area contributed by atoms with Crippen LogP contribution in [0.1, 0.15) is 21.6 Å². The van der Waals surface area contributed by atoms with Crippen molar-refractivity contribution in [2.75, 3.05) is 5.32 Å². The SMILES string of the molecule is Cc1ccc(NC(=O)c2cccc(C)c2I)cn1. The smallest absolute Gasteiger partial charge is 0.256 e. The Balaban J connectivity index is 2.22. The first-order chi connectivity index (χ1) is 8.58. The molecular weight excluding hydrogens is 339 g/mol. The lowest BCUT2D eigenvalue weighted by atomic mass is 10.1. The molecule has 0 aliphatic heterocycles. The third kappa shape index (κ3) is 2.87. The molecule has 1 aromatic heterocycles. The molecule has 0 atom stereocenters. The first-order valence-corrected chi connectivity index (χ1v) is 6.65. The summed E-state index contributed by atoms with van der Waals surface area (Å²) in [4.78, 5) is 16.3. The van der Waals surface area contributed by atoms with Gasteiger partial charge in [-0.1, -0.05) is 12.1 Å². The molecule has 0 fully saturated rings. The second kappa shape index (κ2) is 5.48. The summed E-state index contributed by atoms with van der Waals surface area (Å²) in [6.45, 7) is 3.90. The van der Waals surface area contributed by atoms with E-state index in [4.69, 9.17) is 0 Å². The normalized spacial score (nSPS) is 10.2. The number of hydrogen-bond acceptors (Lipinski definition) is 2. The Morgan fingerprint density at radius 3 is 2.67 bits per heavy atom. The molecule has 3 nitrogen and oxygen atoms in total. The van der Waals surface area contributed by atoms with Gasteiger partial charge < -0.3 is 5.32 Å². The van der Waals surface area contributed by atoms with Gasteiger partial charge in [0.05, 0.1) is 17.4 Å². The highest BCUT2D eigenvalue weighted by Crippen LogP contribution is 2.18. The fourth-order valence-corrected chi connectivity index (χ4v) is 2.17. The maximum Gasteiger partial charge on any atom is 0.256 e. The molecule has 0 spiro atoms. The zero-order chi connectivity index (χ0) is 13.1. The minimum absolute atomic E-state index is 0.103. The number of aromatic nitrogens is 1. The molecule has 2 rings (SSSR count). The molecule has 1 amide bonds. The van der Waals surface area contributed by atoms with E-state index in [1.807, 2.05) is 44.2 Å². The standard InChI is InChI=1S/C14H13IN2O/c1-9-4-3-5-12(13(9)15)14(18)17-11-7-6-10(2)16-8-11/h3-8H,1-2H3,(H,17,18). The van der Waals surface area contributed by atoms with Crippen LogP contribution in [0.2, 0.25) is 0 Å². The minimum Gasteiger partial charge on any atom is -0.321 e. The van der Waals surface area contributed by atoms with Gasteiger partial charge in [-0.05, 0) is 60.2 Å². The lowest BCUT2D eigenvalue weighted by Crippen LogP contribution is -2.14. The Kier molecular flexibility index (Phi) is 3.96. The molecule has 0 aliphatic carbocycles. The molecule has 0 saturated carbocycles. The van der Waals surface area contributed by atoms with Crippen molar-refractivity contribution in [2.24, 2.45) is 0 Å². The second-order valence-corrected chi connectivity index (χ2v) is 5.16. The first kappa shape index (κ1) is 13.0. The Labute approximate surface area is 120 Å². The number of benzene rings is 1. The summed E-state index contributed by atoms with van der Waals surface area (Å²) in [7, 11) is 0. The number of carbonyl (C=O) groups is 1. The number of anilines is 1. The zero-order valence-electron chi connectivity index (χ0n) is 10.2. The van der Waals surface area contributed by atoms with Gasteiger partial charge in [0, 0.05) is 9.26 Å². The van der Waals surface area contributed by atoms with Crippen molar-refractivity contribution < 1.29 is 4.79 Å². The van der Waals surface area contributed by atoms with E-state index in [2.05, 4.69) is 32.9 Å². The first-order valence-electron chi connectivity index (χ1n) is 5.57. The van der Waals surface area contributed by atoms with Crippen molar-refractivity contribution in [1.29, 1.82) is 0 Å². The van der Waals surface area contributed by atoms with E-state index >= 15 is 0 Å². The number of nitrogens with zero attached hydrogens (tertiary/aromatic N) is 1. The Morgan fingerprint density at radius 2 is 2.00 bits per heavy atom. The highest BCUT2D eigenvalue weighted by molar-refractivity contribution is 14.1. The van der Waals surface area contributed by atoms with Crippen LogP contribution in [-0.2, 0) is 0 Å². The van der Waals surface area contributed by atoms with Gasteiger partial charge in [0.15, 0.2) is 0 Å². The van der Waals surface area contributed by atoms with E-state index in [1.54, 1.807) is 6.20 Å². The van der Waals surface area contributed by atoms with Crippen LogP contribution in [0, 0.1) is 17.4 Å². The lowest BCUT2D eigenvalue weighted by Gasteiger charge is -2.08. The number of aryl methyl sites for hydroxylation is 2. The summed E-state index contributed by atoms with van der Waals surface area (Å²) >= 11 is 2.19. The molecule has 2 aromatic rings. The summed E-state index contributed by atoms with van der Waals surface area (Å²) in [5.41, 5.74) is 3.43. The highest BCUT2D eigenvalue weighted by atomic mass is 127.